The van der Waals surface area contributed by atoms with E-state index in [1.165, 1.54) is 4.90 Å². The smallest absolute Gasteiger partial charge is 0.306 e. The number of amides is 1. The number of likely N-dealkylation sites (tertiary alicyclic amines) is 1. The Labute approximate surface area is 135 Å². The lowest BCUT2D eigenvalue weighted by molar-refractivity contribution is -0.148. The van der Waals surface area contributed by atoms with Crippen molar-refractivity contribution >= 4 is 23.6 Å². The van der Waals surface area contributed by atoms with Gasteiger partial charge in [0.15, 0.2) is 5.78 Å². The van der Waals surface area contributed by atoms with Crippen LogP contribution in [0.1, 0.15) is 46.5 Å². The van der Waals surface area contributed by atoms with Gasteiger partial charge in [0.1, 0.15) is 0 Å². The molecule has 0 saturated carbocycles. The molecule has 1 saturated heterocycles. The van der Waals surface area contributed by atoms with E-state index in [0.29, 0.717) is 19.4 Å². The molecule has 0 aromatic heterocycles. The molecule has 0 bridgehead atoms. The summed E-state index contributed by atoms with van der Waals surface area (Å²) in [4.78, 5) is 47.5. The molecular weight excluding hydrogens is 304 g/mol. The van der Waals surface area contributed by atoms with Crippen molar-refractivity contribution in [2.45, 2.75) is 52.0 Å². The highest BCUT2D eigenvalue weighted by Gasteiger charge is 2.45. The van der Waals surface area contributed by atoms with E-state index in [2.05, 4.69) is 0 Å². The van der Waals surface area contributed by atoms with Crippen molar-refractivity contribution in [2.24, 2.45) is 11.7 Å². The first kappa shape index (κ1) is 21.0. The largest absolute Gasteiger partial charge is 0.481 e. The molecule has 1 rings (SSSR count). The molecule has 1 aliphatic rings. The summed E-state index contributed by atoms with van der Waals surface area (Å²) in [6.45, 7) is 1.83. The minimum atomic E-state index is -1.20. The number of carboxylic acid groups (broad SMARTS) is 2. The molecule has 0 radical (unpaired) electrons. The molecule has 132 valence electrons. The van der Waals surface area contributed by atoms with Gasteiger partial charge in [0.2, 0.25) is 5.91 Å². The number of aliphatic carboxylic acids is 2. The first-order valence-corrected chi connectivity index (χ1v) is 7.20. The molecule has 0 aliphatic carbocycles. The van der Waals surface area contributed by atoms with Crippen LogP contribution < -0.4 is 5.73 Å². The fourth-order valence-electron chi connectivity index (χ4n) is 2.82. The number of Topliss-reactive ketones (excluding diaryl/α,β-unsaturated/α-hetero) is 1. The summed E-state index contributed by atoms with van der Waals surface area (Å²) in [6, 6.07) is 0. The van der Waals surface area contributed by atoms with Gasteiger partial charge in [-0.1, -0.05) is 7.43 Å². The summed E-state index contributed by atoms with van der Waals surface area (Å²) in [5.41, 5.74) is 4.29. The van der Waals surface area contributed by atoms with E-state index in [-0.39, 0.29) is 44.9 Å². The Balaban J connectivity index is 0.00000484. The van der Waals surface area contributed by atoms with E-state index in [9.17, 15) is 19.2 Å². The van der Waals surface area contributed by atoms with Crippen molar-refractivity contribution in [3.05, 3.63) is 0 Å². The summed E-state index contributed by atoms with van der Waals surface area (Å²) in [6.07, 6.45) is 0.404. The number of hydrogen-bond donors (Lipinski definition) is 3. The Morgan fingerprint density at radius 1 is 1.26 bits per heavy atom. The maximum atomic E-state index is 12.5. The lowest BCUT2D eigenvalue weighted by atomic mass is 9.85. The van der Waals surface area contributed by atoms with Crippen molar-refractivity contribution in [2.75, 3.05) is 13.1 Å². The standard InChI is InChI=1S/C14H22N2O6.CH4/c1-14(5-2-6-16(14)11(18)8-15)10(17)7-9(13(21)22)3-4-12(19)20;/h9H,2-8,15H2,1H3,(H,19,20)(H,21,22);1H4. The van der Waals surface area contributed by atoms with Gasteiger partial charge in [-0.25, -0.2) is 0 Å². The van der Waals surface area contributed by atoms with Crippen LogP contribution in [-0.2, 0) is 19.2 Å². The molecule has 8 nitrogen and oxygen atoms in total. The third-order valence-corrected chi connectivity index (χ3v) is 4.21. The molecule has 23 heavy (non-hydrogen) atoms. The highest BCUT2D eigenvalue weighted by atomic mass is 16.4. The second kappa shape index (κ2) is 8.61. The highest BCUT2D eigenvalue weighted by molar-refractivity contribution is 5.95. The number of carboxylic acids is 2. The lowest BCUT2D eigenvalue weighted by Gasteiger charge is -2.34. The minimum Gasteiger partial charge on any atom is -0.481 e. The molecule has 0 spiro atoms. The Morgan fingerprint density at radius 3 is 2.35 bits per heavy atom. The number of ketones is 1. The lowest BCUT2D eigenvalue weighted by Crippen LogP contribution is -2.53. The molecule has 2 unspecified atom stereocenters. The summed E-state index contributed by atoms with van der Waals surface area (Å²) in [5.74, 6) is -4.06. The zero-order chi connectivity index (χ0) is 16.9. The van der Waals surface area contributed by atoms with Crippen LogP contribution in [0.25, 0.3) is 0 Å². The van der Waals surface area contributed by atoms with Crippen LogP contribution in [0.15, 0.2) is 0 Å². The average molecular weight is 330 g/mol. The van der Waals surface area contributed by atoms with Gasteiger partial charge in [0, 0.05) is 19.4 Å². The number of carbonyl (C=O) groups excluding carboxylic acids is 2. The quantitative estimate of drug-likeness (QED) is 0.588. The van der Waals surface area contributed by atoms with E-state index >= 15 is 0 Å². The highest BCUT2D eigenvalue weighted by Crippen LogP contribution is 2.32. The SMILES string of the molecule is C.CC1(C(=O)CC(CCC(=O)O)C(=O)O)CCCN1C(=O)CN. The Kier molecular flexibility index (Phi) is 7.88. The number of nitrogens with zero attached hydrogens (tertiary/aromatic N) is 1. The first-order chi connectivity index (χ1) is 10.2. The second-order valence-electron chi connectivity index (χ2n) is 5.72. The van der Waals surface area contributed by atoms with Crippen molar-refractivity contribution in [3.63, 3.8) is 0 Å². The number of hydrogen-bond acceptors (Lipinski definition) is 5. The van der Waals surface area contributed by atoms with Crippen LogP contribution in [0.2, 0.25) is 0 Å². The summed E-state index contributed by atoms with van der Waals surface area (Å²) >= 11 is 0. The summed E-state index contributed by atoms with van der Waals surface area (Å²) < 4.78 is 0. The topological polar surface area (TPSA) is 138 Å². The van der Waals surface area contributed by atoms with Crippen molar-refractivity contribution in [3.8, 4) is 0 Å². The number of carbonyl (C=O) groups is 4. The predicted octanol–water partition coefficient (Wildman–Crippen LogP) is 0.487. The third kappa shape index (κ3) is 5.02. The summed E-state index contributed by atoms with van der Waals surface area (Å²) in [5, 5.41) is 17.8. The van der Waals surface area contributed by atoms with E-state index in [4.69, 9.17) is 15.9 Å². The van der Waals surface area contributed by atoms with Gasteiger partial charge in [-0.15, -0.1) is 0 Å². The molecule has 1 amide bonds. The molecular formula is C15H26N2O6. The van der Waals surface area contributed by atoms with Gasteiger partial charge in [-0.2, -0.15) is 0 Å². The molecule has 8 heteroatoms. The van der Waals surface area contributed by atoms with Crippen LogP contribution in [0.5, 0.6) is 0 Å². The van der Waals surface area contributed by atoms with E-state index in [0.717, 1.165) is 0 Å². The molecule has 0 aromatic carbocycles. The molecule has 2 atom stereocenters. The number of rotatable bonds is 8. The zero-order valence-electron chi connectivity index (χ0n) is 12.6. The maximum absolute atomic E-state index is 12.5. The fraction of sp³-hybridized carbons (Fsp3) is 0.733. The fourth-order valence-corrected chi connectivity index (χ4v) is 2.82. The minimum absolute atomic E-state index is 0. The van der Waals surface area contributed by atoms with Crippen LogP contribution in [0.3, 0.4) is 0 Å². The average Bonchev–Trinajstić information content (AvgIpc) is 2.85. The van der Waals surface area contributed by atoms with Gasteiger partial charge < -0.3 is 20.8 Å². The first-order valence-electron chi connectivity index (χ1n) is 7.20. The van der Waals surface area contributed by atoms with Crippen molar-refractivity contribution < 1.29 is 29.4 Å². The molecule has 4 N–H and O–H groups in total. The monoisotopic (exact) mass is 330 g/mol. The summed E-state index contributed by atoms with van der Waals surface area (Å²) in [7, 11) is 0. The zero-order valence-corrected chi connectivity index (χ0v) is 12.6. The Bertz CT molecular complexity index is 479. The third-order valence-electron chi connectivity index (χ3n) is 4.21. The second-order valence-corrected chi connectivity index (χ2v) is 5.72. The number of nitrogens with two attached hydrogens (primary N) is 1. The van der Waals surface area contributed by atoms with E-state index in [1.807, 2.05) is 0 Å². The van der Waals surface area contributed by atoms with Gasteiger partial charge in [0.05, 0.1) is 18.0 Å². The Morgan fingerprint density at radius 2 is 1.87 bits per heavy atom. The predicted molar refractivity (Wildman–Crippen MR) is 82.8 cm³/mol. The maximum Gasteiger partial charge on any atom is 0.306 e. The van der Waals surface area contributed by atoms with Gasteiger partial charge >= 0.3 is 11.9 Å². The van der Waals surface area contributed by atoms with Crippen LogP contribution in [0.4, 0.5) is 0 Å². The molecule has 1 aliphatic heterocycles. The van der Waals surface area contributed by atoms with Crippen LogP contribution in [-0.4, -0.2) is 57.4 Å². The Hall–Kier alpha value is -1.96. The van der Waals surface area contributed by atoms with Gasteiger partial charge in [-0.05, 0) is 26.2 Å². The molecule has 1 heterocycles. The van der Waals surface area contributed by atoms with E-state index in [1.54, 1.807) is 6.92 Å². The van der Waals surface area contributed by atoms with Crippen LogP contribution >= 0.6 is 0 Å². The normalized spacial score (nSPS) is 21.4. The van der Waals surface area contributed by atoms with Crippen molar-refractivity contribution in [1.82, 2.24) is 4.90 Å². The van der Waals surface area contributed by atoms with Crippen molar-refractivity contribution in [1.29, 1.82) is 0 Å². The molecule has 0 aromatic rings. The van der Waals surface area contributed by atoms with Crippen LogP contribution in [0, 0.1) is 5.92 Å². The van der Waals surface area contributed by atoms with Gasteiger partial charge in [-0.3, -0.25) is 19.2 Å². The van der Waals surface area contributed by atoms with E-state index < -0.39 is 23.4 Å². The van der Waals surface area contributed by atoms with Gasteiger partial charge in [0.25, 0.3) is 0 Å². The molecule has 1 fully saturated rings.